The molecule has 0 spiro atoms. The van der Waals surface area contributed by atoms with Gasteiger partial charge in [0.05, 0.1) is 21.2 Å². The molecule has 196 valence electrons. The first-order chi connectivity index (χ1) is 17.9. The average Bonchev–Trinajstić information content (AvgIpc) is 2.87. The van der Waals surface area contributed by atoms with Gasteiger partial charge in [-0.3, -0.25) is 14.2 Å². The highest BCUT2D eigenvalue weighted by atomic mass is 32.2. The number of sulfonamides is 2. The van der Waals surface area contributed by atoms with E-state index in [2.05, 4.69) is 14.8 Å². The number of para-hydroxylation sites is 1. The Hall–Kier alpha value is -4.15. The van der Waals surface area contributed by atoms with Crippen molar-refractivity contribution in [1.82, 2.24) is 0 Å². The van der Waals surface area contributed by atoms with Gasteiger partial charge in [-0.25, -0.2) is 16.8 Å². The zero-order chi connectivity index (χ0) is 27.5. The van der Waals surface area contributed by atoms with Crippen molar-refractivity contribution in [1.29, 1.82) is 0 Å². The van der Waals surface area contributed by atoms with Crippen molar-refractivity contribution in [2.75, 3.05) is 14.8 Å². The van der Waals surface area contributed by atoms with Gasteiger partial charge in [0.2, 0.25) is 0 Å². The molecule has 0 saturated carbocycles. The van der Waals surface area contributed by atoms with Gasteiger partial charge in [0.15, 0.2) is 0 Å². The largest absolute Gasteiger partial charge is 0.322 e. The Bertz CT molecular complexity index is 1700. The summed E-state index contributed by atoms with van der Waals surface area (Å²) in [7, 11) is -7.58. The number of hydrogen-bond donors (Lipinski definition) is 3. The zero-order valence-corrected chi connectivity index (χ0v) is 22.7. The van der Waals surface area contributed by atoms with Crippen LogP contribution in [0.15, 0.2) is 101 Å². The van der Waals surface area contributed by atoms with Gasteiger partial charge in [-0.15, -0.1) is 0 Å². The number of carbonyl (C=O) groups excluding carboxylic acids is 1. The summed E-state index contributed by atoms with van der Waals surface area (Å²) in [6, 6.07) is 24.0. The minimum absolute atomic E-state index is 0.0554. The Kier molecular flexibility index (Phi) is 7.56. The highest BCUT2D eigenvalue weighted by molar-refractivity contribution is 7.93. The van der Waals surface area contributed by atoms with Crippen LogP contribution in [0.1, 0.15) is 27.0 Å². The molecule has 3 N–H and O–H groups in total. The molecule has 0 bridgehead atoms. The van der Waals surface area contributed by atoms with E-state index >= 15 is 0 Å². The van der Waals surface area contributed by atoms with Crippen molar-refractivity contribution < 1.29 is 21.6 Å². The summed E-state index contributed by atoms with van der Waals surface area (Å²) < 4.78 is 56.0. The predicted molar refractivity (Wildman–Crippen MR) is 150 cm³/mol. The van der Waals surface area contributed by atoms with Gasteiger partial charge >= 0.3 is 0 Å². The fourth-order valence-corrected chi connectivity index (χ4v) is 5.91. The van der Waals surface area contributed by atoms with Gasteiger partial charge in [-0.05, 0) is 92.6 Å². The minimum Gasteiger partial charge on any atom is -0.322 e. The smallest absolute Gasteiger partial charge is 0.261 e. The van der Waals surface area contributed by atoms with Crippen LogP contribution in [0, 0.1) is 20.8 Å². The molecule has 0 heterocycles. The second kappa shape index (κ2) is 10.7. The average molecular weight is 550 g/mol. The van der Waals surface area contributed by atoms with Crippen molar-refractivity contribution in [3.8, 4) is 0 Å². The standard InChI is InChI=1S/C28H27N3O5S2/c1-19-8-13-24(14-9-19)37(33,34)31-27-17-10-22(18-21(27)3)28(32)29-23-11-15-25(16-12-23)38(35,36)30-26-7-5-4-6-20(26)2/h4-18,30-31H,1-3H3,(H,29,32). The summed E-state index contributed by atoms with van der Waals surface area (Å²) in [4.78, 5) is 13.0. The van der Waals surface area contributed by atoms with Gasteiger partial charge in [0.1, 0.15) is 0 Å². The summed E-state index contributed by atoms with van der Waals surface area (Å²) in [6.45, 7) is 5.38. The summed E-state index contributed by atoms with van der Waals surface area (Å²) >= 11 is 0. The van der Waals surface area contributed by atoms with E-state index in [1.54, 1.807) is 37.3 Å². The van der Waals surface area contributed by atoms with Gasteiger partial charge in [-0.1, -0.05) is 35.9 Å². The molecule has 0 unspecified atom stereocenters. The van der Waals surface area contributed by atoms with Crippen molar-refractivity contribution in [3.63, 3.8) is 0 Å². The molecule has 0 aliphatic heterocycles. The van der Waals surface area contributed by atoms with Crippen LogP contribution < -0.4 is 14.8 Å². The number of hydrogen-bond acceptors (Lipinski definition) is 5. The molecular formula is C28H27N3O5S2. The monoisotopic (exact) mass is 549 g/mol. The maximum Gasteiger partial charge on any atom is 0.261 e. The minimum atomic E-state index is -3.80. The second-order valence-electron chi connectivity index (χ2n) is 8.85. The van der Waals surface area contributed by atoms with Crippen LogP contribution in [-0.2, 0) is 20.0 Å². The quantitative estimate of drug-likeness (QED) is 0.269. The number of rotatable bonds is 8. The van der Waals surface area contributed by atoms with E-state index in [4.69, 9.17) is 0 Å². The first-order valence-corrected chi connectivity index (χ1v) is 14.6. The molecular weight excluding hydrogens is 522 g/mol. The van der Waals surface area contributed by atoms with Gasteiger partial charge < -0.3 is 5.32 Å². The molecule has 0 fully saturated rings. The number of carbonyl (C=O) groups is 1. The van der Waals surface area contributed by atoms with Crippen molar-refractivity contribution >= 4 is 43.0 Å². The maximum atomic E-state index is 12.8. The van der Waals surface area contributed by atoms with E-state index in [0.717, 1.165) is 11.1 Å². The highest BCUT2D eigenvalue weighted by Gasteiger charge is 2.18. The van der Waals surface area contributed by atoms with Gasteiger partial charge in [0, 0.05) is 11.3 Å². The molecule has 4 aromatic carbocycles. The van der Waals surface area contributed by atoms with Crippen LogP contribution in [0.4, 0.5) is 17.1 Å². The maximum absolute atomic E-state index is 12.8. The third-order valence-electron chi connectivity index (χ3n) is 5.88. The molecule has 4 aromatic rings. The van der Waals surface area contributed by atoms with Gasteiger partial charge in [-0.2, -0.15) is 0 Å². The SMILES string of the molecule is Cc1ccc(S(=O)(=O)Nc2ccc(C(=O)Nc3ccc(S(=O)(=O)Nc4ccccc4C)cc3)cc2C)cc1. The fraction of sp³-hybridized carbons (Fsp3) is 0.107. The summed E-state index contributed by atoms with van der Waals surface area (Å²) in [5, 5.41) is 2.73. The summed E-state index contributed by atoms with van der Waals surface area (Å²) in [5.41, 5.74) is 3.89. The first-order valence-electron chi connectivity index (χ1n) is 11.6. The van der Waals surface area contributed by atoms with Crippen LogP contribution in [0.2, 0.25) is 0 Å². The molecule has 0 saturated heterocycles. The molecule has 0 aliphatic rings. The van der Waals surface area contributed by atoms with Crippen LogP contribution in [-0.4, -0.2) is 22.7 Å². The third kappa shape index (κ3) is 6.21. The molecule has 1 amide bonds. The summed E-state index contributed by atoms with van der Waals surface area (Å²) in [5.74, 6) is -0.422. The Morgan fingerprint density at radius 1 is 0.605 bits per heavy atom. The van der Waals surface area contributed by atoms with E-state index in [1.807, 2.05) is 26.0 Å². The molecule has 0 aliphatic carbocycles. The van der Waals surface area contributed by atoms with E-state index in [9.17, 15) is 21.6 Å². The Balaban J connectivity index is 1.44. The lowest BCUT2D eigenvalue weighted by Gasteiger charge is -2.13. The molecule has 38 heavy (non-hydrogen) atoms. The van der Waals surface area contributed by atoms with Crippen molar-refractivity contribution in [3.05, 3.63) is 113 Å². The molecule has 0 aromatic heterocycles. The number of anilines is 3. The van der Waals surface area contributed by atoms with Crippen LogP contribution in [0.5, 0.6) is 0 Å². The Morgan fingerprint density at radius 2 is 1.13 bits per heavy atom. The number of aryl methyl sites for hydroxylation is 3. The van der Waals surface area contributed by atoms with Crippen LogP contribution >= 0.6 is 0 Å². The number of nitrogens with one attached hydrogen (secondary N) is 3. The zero-order valence-electron chi connectivity index (χ0n) is 21.0. The number of benzene rings is 4. The van der Waals surface area contributed by atoms with Crippen LogP contribution in [0.3, 0.4) is 0 Å². The van der Waals surface area contributed by atoms with Gasteiger partial charge in [0.25, 0.3) is 26.0 Å². The van der Waals surface area contributed by atoms with E-state index in [-0.39, 0.29) is 9.79 Å². The lowest BCUT2D eigenvalue weighted by Crippen LogP contribution is -2.16. The molecule has 10 heteroatoms. The molecule has 0 atom stereocenters. The Morgan fingerprint density at radius 3 is 1.68 bits per heavy atom. The molecule has 0 radical (unpaired) electrons. The van der Waals surface area contributed by atoms with Crippen molar-refractivity contribution in [2.45, 2.75) is 30.6 Å². The molecule has 4 rings (SSSR count). The first kappa shape index (κ1) is 26.9. The lowest BCUT2D eigenvalue weighted by atomic mass is 10.1. The van der Waals surface area contributed by atoms with E-state index in [1.165, 1.54) is 48.5 Å². The topological polar surface area (TPSA) is 121 Å². The Labute approximate surface area is 222 Å². The van der Waals surface area contributed by atoms with E-state index < -0.39 is 26.0 Å². The fourth-order valence-electron chi connectivity index (χ4n) is 3.65. The number of amides is 1. The lowest BCUT2D eigenvalue weighted by molar-refractivity contribution is 0.102. The normalized spacial score (nSPS) is 11.6. The highest BCUT2D eigenvalue weighted by Crippen LogP contribution is 2.23. The predicted octanol–water partition coefficient (Wildman–Crippen LogP) is 5.47. The second-order valence-corrected chi connectivity index (χ2v) is 12.2. The molecule has 8 nitrogen and oxygen atoms in total. The van der Waals surface area contributed by atoms with Crippen molar-refractivity contribution in [2.24, 2.45) is 0 Å². The van der Waals surface area contributed by atoms with E-state index in [0.29, 0.717) is 28.2 Å². The van der Waals surface area contributed by atoms with Crippen LogP contribution in [0.25, 0.3) is 0 Å². The third-order valence-corrected chi connectivity index (χ3v) is 8.64. The summed E-state index contributed by atoms with van der Waals surface area (Å²) in [6.07, 6.45) is 0.